The number of ketones is 1. The van der Waals surface area contributed by atoms with E-state index in [9.17, 15) is 9.59 Å². The maximum Gasteiger partial charge on any atom is 0.322 e. The number of fused-ring (bicyclic) bond motifs is 2. The molecule has 41 heavy (non-hydrogen) atoms. The van der Waals surface area contributed by atoms with Gasteiger partial charge in [0.05, 0.1) is 48.1 Å². The number of imidazole rings is 1. The molecule has 0 spiro atoms. The van der Waals surface area contributed by atoms with Crippen molar-refractivity contribution in [3.8, 4) is 22.6 Å². The second kappa shape index (κ2) is 11.4. The minimum Gasteiger partial charge on any atom is -0.378 e. The number of benzene rings is 1. The summed E-state index contributed by atoms with van der Waals surface area (Å²) in [5.41, 5.74) is 5.36. The Morgan fingerprint density at radius 3 is 2.68 bits per heavy atom. The number of nitrogens with one attached hydrogen (secondary N) is 3. The summed E-state index contributed by atoms with van der Waals surface area (Å²) in [4.78, 5) is 46.6. The summed E-state index contributed by atoms with van der Waals surface area (Å²) in [6.45, 7) is 8.21. The fourth-order valence-corrected chi connectivity index (χ4v) is 4.98. The van der Waals surface area contributed by atoms with Gasteiger partial charge >= 0.3 is 6.03 Å². The number of rotatable bonds is 8. The first-order chi connectivity index (χ1) is 20.0. The lowest BCUT2D eigenvalue weighted by atomic mass is 10.1. The van der Waals surface area contributed by atoms with Crippen LogP contribution in [0, 0.1) is 0 Å². The molecular weight excluding hydrogens is 522 g/mol. The van der Waals surface area contributed by atoms with Crippen molar-refractivity contribution in [2.24, 2.45) is 0 Å². The number of aromatic amines is 2. The zero-order valence-electron chi connectivity index (χ0n) is 23.0. The second-order valence-corrected chi connectivity index (χ2v) is 9.86. The van der Waals surface area contributed by atoms with Crippen LogP contribution in [0.25, 0.3) is 44.7 Å². The molecule has 12 nitrogen and oxygen atoms in total. The highest BCUT2D eigenvalue weighted by atomic mass is 16.5. The summed E-state index contributed by atoms with van der Waals surface area (Å²) >= 11 is 0. The quantitative estimate of drug-likeness (QED) is 0.245. The number of H-pyrrole nitrogens is 2. The first-order valence-corrected chi connectivity index (χ1v) is 13.7. The molecule has 6 rings (SSSR count). The maximum absolute atomic E-state index is 13.1. The van der Waals surface area contributed by atoms with Crippen LogP contribution < -0.4 is 5.32 Å². The SMILES string of the molecule is CCN(CC)CC(=O)c1cccc2[nH]c(-c3[nH]nc4ncc(-c5cncc(NC(=O)N6CCOCC6)c5)cc34)nc12. The fourth-order valence-electron chi connectivity index (χ4n) is 4.98. The van der Waals surface area contributed by atoms with Gasteiger partial charge < -0.3 is 19.9 Å². The molecule has 1 aliphatic heterocycles. The molecule has 0 bridgehead atoms. The summed E-state index contributed by atoms with van der Waals surface area (Å²) in [6, 6.07) is 9.24. The number of aromatic nitrogens is 6. The topological polar surface area (TPSA) is 145 Å². The third kappa shape index (κ3) is 5.39. The molecule has 4 aromatic heterocycles. The minimum atomic E-state index is -0.183. The summed E-state index contributed by atoms with van der Waals surface area (Å²) in [5, 5.41) is 11.1. The number of hydrogen-bond acceptors (Lipinski definition) is 8. The largest absolute Gasteiger partial charge is 0.378 e. The van der Waals surface area contributed by atoms with E-state index in [1.54, 1.807) is 23.5 Å². The number of ether oxygens (including phenoxy) is 1. The van der Waals surface area contributed by atoms with E-state index in [0.717, 1.165) is 35.1 Å². The van der Waals surface area contributed by atoms with E-state index in [2.05, 4.69) is 35.4 Å². The van der Waals surface area contributed by atoms with Gasteiger partial charge in [-0.1, -0.05) is 19.9 Å². The van der Waals surface area contributed by atoms with E-state index in [1.807, 2.05) is 44.2 Å². The van der Waals surface area contributed by atoms with Crippen molar-refractivity contribution in [2.45, 2.75) is 13.8 Å². The van der Waals surface area contributed by atoms with Crippen LogP contribution in [0.2, 0.25) is 0 Å². The number of hydrogen-bond donors (Lipinski definition) is 3. The van der Waals surface area contributed by atoms with Gasteiger partial charge in [0.15, 0.2) is 17.3 Å². The van der Waals surface area contributed by atoms with E-state index in [0.29, 0.717) is 66.8 Å². The number of nitrogens with zero attached hydrogens (tertiary/aromatic N) is 6. The molecule has 1 aromatic carbocycles. The van der Waals surface area contributed by atoms with Crippen molar-refractivity contribution in [3.05, 3.63) is 54.5 Å². The molecule has 3 N–H and O–H groups in total. The molecule has 5 aromatic rings. The van der Waals surface area contributed by atoms with Gasteiger partial charge in [-0.3, -0.25) is 19.8 Å². The van der Waals surface area contributed by atoms with Crippen molar-refractivity contribution < 1.29 is 14.3 Å². The standard InChI is InChI=1S/C29H31N9O3/c1-3-37(4-2)17-24(39)21-6-5-7-23-25(21)34-28(33-23)26-22-13-19(15-31-27(22)36-35-26)18-12-20(16-30-14-18)32-29(40)38-8-10-41-11-9-38/h5-7,12-16H,3-4,8-11,17H2,1-2H3,(H,32,40)(H,33,34)(H,31,35,36). The third-order valence-corrected chi connectivity index (χ3v) is 7.34. The molecule has 0 aliphatic carbocycles. The highest BCUT2D eigenvalue weighted by Crippen LogP contribution is 2.30. The Bertz CT molecular complexity index is 1720. The predicted octanol–water partition coefficient (Wildman–Crippen LogP) is 3.95. The van der Waals surface area contributed by atoms with Gasteiger partial charge in [0.25, 0.3) is 0 Å². The lowest BCUT2D eigenvalue weighted by Crippen LogP contribution is -2.43. The van der Waals surface area contributed by atoms with Gasteiger partial charge in [-0.2, -0.15) is 5.10 Å². The zero-order valence-corrected chi connectivity index (χ0v) is 23.0. The van der Waals surface area contributed by atoms with E-state index in [1.165, 1.54) is 0 Å². The van der Waals surface area contributed by atoms with Crippen LogP contribution in [0.15, 0.2) is 48.9 Å². The van der Waals surface area contributed by atoms with Crippen molar-refractivity contribution in [2.75, 3.05) is 51.3 Å². The third-order valence-electron chi connectivity index (χ3n) is 7.34. The first kappa shape index (κ1) is 26.5. The van der Waals surface area contributed by atoms with Gasteiger partial charge in [-0.15, -0.1) is 0 Å². The molecule has 5 heterocycles. The second-order valence-electron chi connectivity index (χ2n) is 9.86. The lowest BCUT2D eigenvalue weighted by molar-refractivity contribution is 0.0564. The number of para-hydroxylation sites is 1. The highest BCUT2D eigenvalue weighted by Gasteiger charge is 2.20. The average molecular weight is 554 g/mol. The normalized spacial score (nSPS) is 13.8. The number of urea groups is 1. The first-order valence-electron chi connectivity index (χ1n) is 13.7. The van der Waals surface area contributed by atoms with Crippen molar-refractivity contribution in [1.82, 2.24) is 39.9 Å². The van der Waals surface area contributed by atoms with E-state index < -0.39 is 0 Å². The monoisotopic (exact) mass is 553 g/mol. The molecule has 1 saturated heterocycles. The van der Waals surface area contributed by atoms with Crippen molar-refractivity contribution >= 4 is 39.6 Å². The number of anilines is 1. The molecule has 12 heteroatoms. The molecular formula is C29H31N9O3. The molecule has 0 saturated carbocycles. The molecule has 2 amide bonds. The Labute approximate surface area is 236 Å². The van der Waals surface area contributed by atoms with Crippen molar-refractivity contribution in [1.29, 1.82) is 0 Å². The summed E-state index contributed by atoms with van der Waals surface area (Å²) in [6.07, 6.45) is 5.06. The average Bonchev–Trinajstić information content (AvgIpc) is 3.64. The smallest absolute Gasteiger partial charge is 0.322 e. The van der Waals surface area contributed by atoms with Gasteiger partial charge in [-0.25, -0.2) is 14.8 Å². The summed E-state index contributed by atoms with van der Waals surface area (Å²) in [5.74, 6) is 0.595. The number of amides is 2. The molecule has 210 valence electrons. The summed E-state index contributed by atoms with van der Waals surface area (Å²) < 4.78 is 5.33. The van der Waals surface area contributed by atoms with E-state index in [-0.39, 0.29) is 11.8 Å². The number of carbonyl (C=O) groups is 2. The molecule has 0 unspecified atom stereocenters. The number of Topliss-reactive ketones (excluding diaryl/α,β-unsaturated/α-hetero) is 1. The molecule has 0 radical (unpaired) electrons. The Morgan fingerprint density at radius 1 is 1.07 bits per heavy atom. The zero-order chi connectivity index (χ0) is 28.3. The van der Waals surface area contributed by atoms with Gasteiger partial charge in [-0.05, 0) is 37.4 Å². The Kier molecular flexibility index (Phi) is 7.40. The molecule has 0 atom stereocenters. The van der Waals surface area contributed by atoms with Crippen LogP contribution in [0.1, 0.15) is 24.2 Å². The number of likely N-dealkylation sites (N-methyl/N-ethyl adjacent to an activating group) is 1. The highest BCUT2D eigenvalue weighted by molar-refractivity contribution is 6.08. The van der Waals surface area contributed by atoms with Crippen LogP contribution >= 0.6 is 0 Å². The molecule has 1 aliphatic rings. The van der Waals surface area contributed by atoms with Gasteiger partial charge in [0.1, 0.15) is 5.69 Å². The van der Waals surface area contributed by atoms with Crippen LogP contribution in [0.5, 0.6) is 0 Å². The Morgan fingerprint density at radius 2 is 1.88 bits per heavy atom. The number of pyridine rings is 2. The Balaban J connectivity index is 1.30. The molecule has 1 fully saturated rings. The number of morpholine rings is 1. The predicted molar refractivity (Wildman–Crippen MR) is 156 cm³/mol. The van der Waals surface area contributed by atoms with Gasteiger partial charge in [0, 0.05) is 42.2 Å². The van der Waals surface area contributed by atoms with Crippen molar-refractivity contribution in [3.63, 3.8) is 0 Å². The van der Waals surface area contributed by atoms with E-state index >= 15 is 0 Å². The van der Waals surface area contributed by atoms with Crippen LogP contribution in [-0.2, 0) is 4.74 Å². The Hall–Kier alpha value is -4.68. The van der Waals surface area contributed by atoms with E-state index in [4.69, 9.17) is 9.72 Å². The van der Waals surface area contributed by atoms with Crippen LogP contribution in [0.3, 0.4) is 0 Å². The lowest BCUT2D eigenvalue weighted by Gasteiger charge is -2.26. The van der Waals surface area contributed by atoms with Gasteiger partial charge in [0.2, 0.25) is 0 Å². The number of carbonyl (C=O) groups excluding carboxylic acids is 2. The summed E-state index contributed by atoms with van der Waals surface area (Å²) in [7, 11) is 0. The fraction of sp³-hybridized carbons (Fsp3) is 0.310. The van der Waals surface area contributed by atoms with Crippen LogP contribution in [0.4, 0.5) is 10.5 Å². The van der Waals surface area contributed by atoms with Crippen LogP contribution in [-0.4, -0.2) is 97.7 Å². The minimum absolute atomic E-state index is 0.0314. The maximum atomic E-state index is 13.1.